The van der Waals surface area contributed by atoms with Gasteiger partial charge in [-0.15, -0.1) is 0 Å². The van der Waals surface area contributed by atoms with Crippen LogP contribution in [0.3, 0.4) is 0 Å². The van der Waals surface area contributed by atoms with Crippen LogP contribution in [0.5, 0.6) is 0 Å². The molecule has 1 aliphatic carbocycles. The molecule has 0 amide bonds. The Kier molecular flexibility index (Phi) is 4.03. The Labute approximate surface area is 128 Å². The number of rotatable bonds is 3. The van der Waals surface area contributed by atoms with Crippen molar-refractivity contribution in [3.05, 3.63) is 48.0 Å². The molecule has 2 aromatic rings. The summed E-state index contributed by atoms with van der Waals surface area (Å²) < 4.78 is 0. The van der Waals surface area contributed by atoms with E-state index < -0.39 is 5.60 Å². The van der Waals surface area contributed by atoms with Crippen LogP contribution in [-0.4, -0.2) is 10.7 Å². The first-order valence-corrected chi connectivity index (χ1v) is 8.29. The lowest BCUT2D eigenvalue weighted by atomic mass is 9.67. The zero-order chi connectivity index (χ0) is 14.9. The summed E-state index contributed by atoms with van der Waals surface area (Å²) in [4.78, 5) is 0. The van der Waals surface area contributed by atoms with Crippen molar-refractivity contribution in [3.8, 4) is 0 Å². The summed E-state index contributed by atoms with van der Waals surface area (Å²) in [5.41, 5.74) is 0.763. The first-order valence-electron chi connectivity index (χ1n) is 8.29. The summed E-state index contributed by atoms with van der Waals surface area (Å²) in [5.74, 6) is 0.968. The highest BCUT2D eigenvalue weighted by molar-refractivity contribution is 5.85. The van der Waals surface area contributed by atoms with Gasteiger partial charge in [-0.2, -0.15) is 0 Å². The van der Waals surface area contributed by atoms with E-state index in [2.05, 4.69) is 56.3 Å². The molecule has 2 aromatic carbocycles. The molecule has 1 nitrogen and oxygen atoms in total. The van der Waals surface area contributed by atoms with Crippen LogP contribution < -0.4 is 0 Å². The Balaban J connectivity index is 1.96. The highest BCUT2D eigenvalue weighted by Crippen LogP contribution is 2.41. The Morgan fingerprint density at radius 2 is 1.86 bits per heavy atom. The summed E-state index contributed by atoms with van der Waals surface area (Å²) in [5, 5.41) is 13.9. The SMILES string of the molecule is CC(C)C1CCCCC1(O)Cc1cccc2ccccc12. The molecule has 1 saturated carbocycles. The van der Waals surface area contributed by atoms with Crippen LogP contribution in [0.25, 0.3) is 10.8 Å². The van der Waals surface area contributed by atoms with Gasteiger partial charge in [0.2, 0.25) is 0 Å². The van der Waals surface area contributed by atoms with Crippen molar-refractivity contribution in [2.24, 2.45) is 11.8 Å². The van der Waals surface area contributed by atoms with E-state index >= 15 is 0 Å². The standard InChI is InChI=1S/C20H26O/c1-15(2)19-12-5-6-13-20(19,21)14-17-10-7-9-16-8-3-4-11-18(16)17/h3-4,7-11,15,19,21H,5-6,12-14H2,1-2H3. The monoisotopic (exact) mass is 282 g/mol. The van der Waals surface area contributed by atoms with E-state index in [4.69, 9.17) is 0 Å². The lowest BCUT2D eigenvalue weighted by Gasteiger charge is -2.42. The zero-order valence-corrected chi connectivity index (χ0v) is 13.2. The zero-order valence-electron chi connectivity index (χ0n) is 13.2. The molecule has 0 spiro atoms. The smallest absolute Gasteiger partial charge is 0.0718 e. The quantitative estimate of drug-likeness (QED) is 0.843. The molecule has 0 bridgehead atoms. The van der Waals surface area contributed by atoms with Gasteiger partial charge in [0.1, 0.15) is 0 Å². The van der Waals surface area contributed by atoms with Crippen molar-refractivity contribution in [2.75, 3.05) is 0 Å². The summed E-state index contributed by atoms with van der Waals surface area (Å²) in [6, 6.07) is 15.0. The minimum atomic E-state index is -0.531. The molecular weight excluding hydrogens is 256 g/mol. The number of fused-ring (bicyclic) bond motifs is 1. The molecule has 2 unspecified atom stereocenters. The number of aliphatic hydroxyl groups is 1. The van der Waals surface area contributed by atoms with E-state index in [1.807, 2.05) is 0 Å². The van der Waals surface area contributed by atoms with E-state index in [-0.39, 0.29) is 0 Å². The van der Waals surface area contributed by atoms with Gasteiger partial charge in [0.15, 0.2) is 0 Å². The van der Waals surface area contributed by atoms with E-state index in [9.17, 15) is 5.11 Å². The van der Waals surface area contributed by atoms with Crippen molar-refractivity contribution in [2.45, 2.75) is 51.6 Å². The second kappa shape index (κ2) is 5.81. The van der Waals surface area contributed by atoms with E-state index in [1.54, 1.807) is 0 Å². The maximum Gasteiger partial charge on any atom is 0.0718 e. The van der Waals surface area contributed by atoms with Gasteiger partial charge in [0.05, 0.1) is 5.60 Å². The second-order valence-corrected chi connectivity index (χ2v) is 7.01. The predicted octanol–water partition coefficient (Wildman–Crippen LogP) is 4.96. The summed E-state index contributed by atoms with van der Waals surface area (Å²) in [6.45, 7) is 4.51. The van der Waals surface area contributed by atoms with Gasteiger partial charge in [-0.05, 0) is 41.0 Å². The fourth-order valence-corrected chi connectivity index (χ4v) is 4.20. The van der Waals surface area contributed by atoms with Crippen LogP contribution in [0, 0.1) is 11.8 Å². The second-order valence-electron chi connectivity index (χ2n) is 7.01. The number of hydrogen-bond acceptors (Lipinski definition) is 1. The lowest BCUT2D eigenvalue weighted by Crippen LogP contribution is -2.45. The maximum absolute atomic E-state index is 11.3. The highest BCUT2D eigenvalue weighted by Gasteiger charge is 2.40. The molecule has 1 N–H and O–H groups in total. The normalized spacial score (nSPS) is 26.4. The third kappa shape index (κ3) is 2.85. The number of benzene rings is 2. The fourth-order valence-electron chi connectivity index (χ4n) is 4.20. The first-order chi connectivity index (χ1) is 10.1. The van der Waals surface area contributed by atoms with E-state index in [0.717, 1.165) is 19.3 Å². The van der Waals surface area contributed by atoms with Gasteiger partial charge < -0.3 is 5.11 Å². The summed E-state index contributed by atoms with van der Waals surface area (Å²) in [7, 11) is 0. The summed E-state index contributed by atoms with van der Waals surface area (Å²) >= 11 is 0. The van der Waals surface area contributed by atoms with Gasteiger partial charge >= 0.3 is 0 Å². The largest absolute Gasteiger partial charge is 0.389 e. The van der Waals surface area contributed by atoms with Crippen LogP contribution in [-0.2, 0) is 6.42 Å². The summed E-state index contributed by atoms with van der Waals surface area (Å²) in [6.07, 6.45) is 5.32. The molecule has 0 heterocycles. The molecule has 0 saturated heterocycles. The minimum Gasteiger partial charge on any atom is -0.389 e. The van der Waals surface area contributed by atoms with Crippen LogP contribution in [0.2, 0.25) is 0 Å². The Morgan fingerprint density at radius 3 is 2.67 bits per heavy atom. The molecular formula is C20H26O. The molecule has 2 atom stereocenters. The van der Waals surface area contributed by atoms with Gasteiger partial charge in [-0.1, -0.05) is 69.2 Å². The molecule has 0 radical (unpaired) electrons. The fraction of sp³-hybridized carbons (Fsp3) is 0.500. The Morgan fingerprint density at radius 1 is 1.10 bits per heavy atom. The van der Waals surface area contributed by atoms with Gasteiger partial charge in [0, 0.05) is 6.42 Å². The van der Waals surface area contributed by atoms with Gasteiger partial charge in [0.25, 0.3) is 0 Å². The lowest BCUT2D eigenvalue weighted by molar-refractivity contribution is -0.0650. The topological polar surface area (TPSA) is 20.2 Å². The average molecular weight is 282 g/mol. The van der Waals surface area contributed by atoms with Crippen molar-refractivity contribution < 1.29 is 5.11 Å². The van der Waals surface area contributed by atoms with Crippen LogP contribution in [0.4, 0.5) is 0 Å². The minimum absolute atomic E-state index is 0.421. The highest BCUT2D eigenvalue weighted by atomic mass is 16.3. The number of hydrogen-bond donors (Lipinski definition) is 1. The Bertz CT molecular complexity index is 611. The van der Waals surface area contributed by atoms with Crippen molar-refractivity contribution in [1.82, 2.24) is 0 Å². The van der Waals surface area contributed by atoms with Crippen molar-refractivity contribution in [3.63, 3.8) is 0 Å². The Hall–Kier alpha value is -1.34. The van der Waals surface area contributed by atoms with Gasteiger partial charge in [-0.25, -0.2) is 0 Å². The van der Waals surface area contributed by atoms with Crippen LogP contribution in [0.15, 0.2) is 42.5 Å². The van der Waals surface area contributed by atoms with Crippen molar-refractivity contribution in [1.29, 1.82) is 0 Å². The first kappa shape index (κ1) is 14.6. The van der Waals surface area contributed by atoms with Crippen molar-refractivity contribution >= 4 is 10.8 Å². The molecule has 1 heteroatoms. The molecule has 3 rings (SSSR count). The van der Waals surface area contributed by atoms with Gasteiger partial charge in [-0.3, -0.25) is 0 Å². The van der Waals surface area contributed by atoms with Crippen LogP contribution in [0.1, 0.15) is 45.1 Å². The molecule has 0 aromatic heterocycles. The van der Waals surface area contributed by atoms with E-state index in [1.165, 1.54) is 29.2 Å². The van der Waals surface area contributed by atoms with E-state index in [0.29, 0.717) is 11.8 Å². The third-order valence-corrected chi connectivity index (χ3v) is 5.25. The molecule has 112 valence electrons. The molecule has 0 aliphatic heterocycles. The maximum atomic E-state index is 11.3. The predicted molar refractivity (Wildman–Crippen MR) is 89.4 cm³/mol. The molecule has 1 aliphatic rings. The molecule has 1 fully saturated rings. The molecule has 21 heavy (non-hydrogen) atoms. The average Bonchev–Trinajstić information content (AvgIpc) is 2.47. The third-order valence-electron chi connectivity index (χ3n) is 5.25. The van der Waals surface area contributed by atoms with Crippen LogP contribution >= 0.6 is 0 Å².